The predicted octanol–water partition coefficient (Wildman–Crippen LogP) is 2.03. The Hall–Kier alpha value is -1.41. The number of hydrogen-bond donors (Lipinski definition) is 2. The van der Waals surface area contributed by atoms with Crippen molar-refractivity contribution in [2.45, 2.75) is 75.7 Å². The maximum atomic E-state index is 17.0. The molecule has 4 aliphatic carbocycles. The first-order valence-electron chi connectivity index (χ1n) is 10.8. The second kappa shape index (κ2) is 6.09. The molecule has 0 spiro atoms. The summed E-state index contributed by atoms with van der Waals surface area (Å²) in [5.74, 6) is -2.77. The summed E-state index contributed by atoms with van der Waals surface area (Å²) in [6, 6.07) is 0. The normalized spacial score (nSPS) is 50.9. The van der Waals surface area contributed by atoms with Crippen LogP contribution >= 0.6 is 0 Å². The van der Waals surface area contributed by atoms with Crippen LogP contribution in [0.5, 0.6) is 0 Å². The van der Waals surface area contributed by atoms with Gasteiger partial charge in [0.1, 0.15) is 6.61 Å². The van der Waals surface area contributed by atoms with Gasteiger partial charge < -0.3 is 19.7 Å². The van der Waals surface area contributed by atoms with Gasteiger partial charge in [-0.15, -0.1) is 0 Å². The van der Waals surface area contributed by atoms with Crippen molar-refractivity contribution in [3.8, 4) is 0 Å². The fourth-order valence-corrected chi connectivity index (χ4v) is 7.42. The summed E-state index contributed by atoms with van der Waals surface area (Å²) < 4.78 is 29.2. The van der Waals surface area contributed by atoms with Gasteiger partial charge >= 0.3 is 0 Å². The molecule has 0 amide bonds. The van der Waals surface area contributed by atoms with Gasteiger partial charge in [0, 0.05) is 17.3 Å². The van der Waals surface area contributed by atoms with Crippen molar-refractivity contribution in [2.24, 2.45) is 23.2 Å². The standard InChI is InChI=1S/C23H29FO6/c1-20(2)29-19-9-14-15-5-4-12-8-13(26)6-7-21(12,3)23(15,24)17(27)10-16(14)22(19,30-20)18(28)11-25/h6-8,14-17,19,25,27H,4-5,9-11H2,1-3H3. The molecule has 30 heavy (non-hydrogen) atoms. The summed E-state index contributed by atoms with van der Waals surface area (Å²) in [6.45, 7) is 4.54. The number of carbonyl (C=O) groups excluding carboxylic acids is 2. The van der Waals surface area contributed by atoms with E-state index in [4.69, 9.17) is 9.47 Å². The number of hydrogen-bond acceptors (Lipinski definition) is 6. The molecule has 5 rings (SSSR count). The molecule has 8 atom stereocenters. The summed E-state index contributed by atoms with van der Waals surface area (Å²) in [5, 5.41) is 20.9. The number of carbonyl (C=O) groups is 2. The van der Waals surface area contributed by atoms with Crippen molar-refractivity contribution in [1.29, 1.82) is 0 Å². The highest BCUT2D eigenvalue weighted by molar-refractivity contribution is 6.01. The number of alkyl halides is 1. The Morgan fingerprint density at radius 1 is 1.27 bits per heavy atom. The average Bonchev–Trinajstić information content (AvgIpc) is 3.11. The van der Waals surface area contributed by atoms with Crippen LogP contribution in [-0.4, -0.2) is 57.7 Å². The number of ketones is 2. The highest BCUT2D eigenvalue weighted by atomic mass is 19.1. The molecule has 6 nitrogen and oxygen atoms in total. The highest BCUT2D eigenvalue weighted by Crippen LogP contribution is 2.68. The van der Waals surface area contributed by atoms with Crippen LogP contribution in [0.2, 0.25) is 0 Å². The zero-order valence-electron chi connectivity index (χ0n) is 17.6. The van der Waals surface area contributed by atoms with E-state index < -0.39 is 58.9 Å². The minimum atomic E-state index is -1.95. The van der Waals surface area contributed by atoms with Crippen LogP contribution in [0, 0.1) is 23.2 Å². The van der Waals surface area contributed by atoms with E-state index in [1.807, 2.05) is 0 Å². The summed E-state index contributed by atoms with van der Waals surface area (Å²) in [6.07, 6.45) is 4.14. The average molecular weight is 420 g/mol. The molecule has 8 unspecified atom stereocenters. The molecule has 0 aromatic rings. The number of rotatable bonds is 2. The minimum Gasteiger partial charge on any atom is -0.390 e. The van der Waals surface area contributed by atoms with Gasteiger partial charge in [0.05, 0.1) is 12.2 Å². The lowest BCUT2D eigenvalue weighted by Gasteiger charge is -2.59. The van der Waals surface area contributed by atoms with Gasteiger partial charge in [-0.3, -0.25) is 9.59 Å². The van der Waals surface area contributed by atoms with E-state index in [1.165, 1.54) is 12.2 Å². The Balaban J connectivity index is 1.59. The largest absolute Gasteiger partial charge is 0.390 e. The second-order valence-corrected chi connectivity index (χ2v) is 10.3. The molecule has 4 fully saturated rings. The second-order valence-electron chi connectivity index (χ2n) is 10.3. The maximum Gasteiger partial charge on any atom is 0.192 e. The van der Waals surface area contributed by atoms with Crippen molar-refractivity contribution in [3.63, 3.8) is 0 Å². The Morgan fingerprint density at radius 3 is 2.70 bits per heavy atom. The van der Waals surface area contributed by atoms with Gasteiger partial charge in [-0.2, -0.15) is 0 Å². The molecule has 0 radical (unpaired) electrons. The van der Waals surface area contributed by atoms with Gasteiger partial charge in [-0.05, 0) is 64.5 Å². The number of fused-ring (bicyclic) bond motifs is 7. The molecule has 7 heteroatoms. The first kappa shape index (κ1) is 20.5. The molecule has 0 bridgehead atoms. The number of aliphatic hydroxyl groups is 2. The molecular weight excluding hydrogens is 391 g/mol. The van der Waals surface area contributed by atoms with E-state index in [1.54, 1.807) is 26.8 Å². The topological polar surface area (TPSA) is 93.1 Å². The Kier molecular flexibility index (Phi) is 4.16. The third kappa shape index (κ3) is 2.27. The van der Waals surface area contributed by atoms with E-state index in [-0.39, 0.29) is 18.1 Å². The number of ether oxygens (including phenoxy) is 2. The fourth-order valence-electron chi connectivity index (χ4n) is 7.42. The molecule has 0 aromatic carbocycles. The van der Waals surface area contributed by atoms with E-state index in [9.17, 15) is 19.8 Å². The smallest absolute Gasteiger partial charge is 0.192 e. The van der Waals surface area contributed by atoms with Gasteiger partial charge in [0.2, 0.25) is 0 Å². The van der Waals surface area contributed by atoms with Crippen LogP contribution in [0.1, 0.15) is 46.5 Å². The Bertz CT molecular complexity index is 879. The molecule has 1 heterocycles. The Morgan fingerprint density at radius 2 is 2.00 bits per heavy atom. The lowest BCUT2D eigenvalue weighted by Crippen LogP contribution is -2.66. The maximum absolute atomic E-state index is 17.0. The van der Waals surface area contributed by atoms with Gasteiger partial charge in [-0.1, -0.05) is 11.6 Å². The molecule has 1 saturated heterocycles. The summed E-state index contributed by atoms with van der Waals surface area (Å²) in [7, 11) is 0. The third-order valence-electron chi connectivity index (χ3n) is 8.56. The van der Waals surface area contributed by atoms with Crippen LogP contribution in [0.3, 0.4) is 0 Å². The molecule has 164 valence electrons. The SMILES string of the molecule is CC1(C)OC2CC3C(CC(O)C4(F)C3CCC3=CC(=O)C=CC34C)C2(C(=O)CO)O1. The third-order valence-corrected chi connectivity index (χ3v) is 8.56. The van der Waals surface area contributed by atoms with E-state index in [0.717, 1.165) is 5.57 Å². The van der Waals surface area contributed by atoms with Crippen molar-refractivity contribution in [3.05, 3.63) is 23.8 Å². The van der Waals surface area contributed by atoms with Gasteiger partial charge in [0.15, 0.2) is 28.6 Å². The quantitative estimate of drug-likeness (QED) is 0.710. The van der Waals surface area contributed by atoms with Gasteiger partial charge in [-0.25, -0.2) is 4.39 Å². The summed E-state index contributed by atoms with van der Waals surface area (Å²) >= 11 is 0. The zero-order chi connectivity index (χ0) is 21.7. The highest BCUT2D eigenvalue weighted by Gasteiger charge is 2.75. The van der Waals surface area contributed by atoms with Crippen LogP contribution in [0.4, 0.5) is 4.39 Å². The molecule has 2 N–H and O–H groups in total. The molecule has 1 aliphatic heterocycles. The summed E-state index contributed by atoms with van der Waals surface area (Å²) in [4.78, 5) is 24.8. The lowest BCUT2D eigenvalue weighted by molar-refractivity contribution is -0.221. The Labute approximate surface area is 175 Å². The molecule has 0 aromatic heterocycles. The summed E-state index contributed by atoms with van der Waals surface area (Å²) in [5.41, 5.74) is -3.66. The van der Waals surface area contributed by atoms with Gasteiger partial charge in [0.25, 0.3) is 0 Å². The van der Waals surface area contributed by atoms with E-state index in [2.05, 4.69) is 0 Å². The van der Waals surface area contributed by atoms with Crippen LogP contribution < -0.4 is 0 Å². The monoisotopic (exact) mass is 420 g/mol. The fraction of sp³-hybridized carbons (Fsp3) is 0.739. The van der Waals surface area contributed by atoms with E-state index >= 15 is 4.39 Å². The first-order chi connectivity index (χ1) is 14.0. The molecular formula is C23H29FO6. The van der Waals surface area contributed by atoms with Crippen molar-refractivity contribution < 1.29 is 33.7 Å². The number of aliphatic hydroxyl groups excluding tert-OH is 2. The van der Waals surface area contributed by atoms with Crippen LogP contribution in [0.15, 0.2) is 23.8 Å². The minimum absolute atomic E-state index is 0.0456. The lowest BCUT2D eigenvalue weighted by atomic mass is 9.48. The van der Waals surface area contributed by atoms with Crippen LogP contribution in [-0.2, 0) is 19.1 Å². The van der Waals surface area contributed by atoms with E-state index in [0.29, 0.717) is 19.3 Å². The van der Waals surface area contributed by atoms with Crippen molar-refractivity contribution in [2.75, 3.05) is 6.61 Å². The van der Waals surface area contributed by atoms with Crippen molar-refractivity contribution >= 4 is 11.6 Å². The molecule has 5 aliphatic rings. The number of allylic oxidation sites excluding steroid dienone is 4. The van der Waals surface area contributed by atoms with Crippen molar-refractivity contribution in [1.82, 2.24) is 0 Å². The molecule has 3 saturated carbocycles. The van der Waals surface area contributed by atoms with Crippen LogP contribution in [0.25, 0.3) is 0 Å². The number of halogens is 1. The predicted molar refractivity (Wildman–Crippen MR) is 104 cm³/mol. The number of Topliss-reactive ketones (excluding diaryl/α,β-unsaturated/α-hetero) is 1. The first-order valence-corrected chi connectivity index (χ1v) is 10.8. The zero-order valence-corrected chi connectivity index (χ0v) is 17.6.